The summed E-state index contributed by atoms with van der Waals surface area (Å²) in [5.41, 5.74) is 0. The Morgan fingerprint density at radius 3 is 2.64 bits per heavy atom. The van der Waals surface area contributed by atoms with E-state index in [2.05, 4.69) is 15.9 Å². The molecule has 1 aromatic rings. The Bertz CT molecular complexity index is 284. The summed E-state index contributed by atoms with van der Waals surface area (Å²) >= 11 is 4.72. The Balaban J connectivity index is 2.20. The summed E-state index contributed by atoms with van der Waals surface area (Å²) in [6.45, 7) is -0.0534. The highest BCUT2D eigenvalue weighted by molar-refractivity contribution is 9.10. The molecule has 1 rings (SSSR count). The molecule has 0 spiro atoms. The highest BCUT2D eigenvalue weighted by Gasteiger charge is 2.26. The minimum atomic E-state index is -4.13. The SMILES string of the molecule is FC(F)(F)CCOCc1sccc1Br. The largest absolute Gasteiger partial charge is 0.391 e. The van der Waals surface area contributed by atoms with Gasteiger partial charge < -0.3 is 4.74 Å². The minimum Gasteiger partial charge on any atom is -0.376 e. The van der Waals surface area contributed by atoms with Crippen LogP contribution in [0.1, 0.15) is 11.3 Å². The van der Waals surface area contributed by atoms with Crippen LogP contribution in [0.4, 0.5) is 13.2 Å². The van der Waals surface area contributed by atoms with E-state index in [0.717, 1.165) is 9.35 Å². The Labute approximate surface area is 92.0 Å². The van der Waals surface area contributed by atoms with E-state index in [1.54, 1.807) is 0 Å². The van der Waals surface area contributed by atoms with Gasteiger partial charge >= 0.3 is 6.18 Å². The lowest BCUT2D eigenvalue weighted by atomic mass is 10.4. The van der Waals surface area contributed by atoms with Crippen LogP contribution in [0.25, 0.3) is 0 Å². The van der Waals surface area contributed by atoms with Gasteiger partial charge in [-0.3, -0.25) is 0 Å². The first-order chi connectivity index (χ1) is 6.49. The van der Waals surface area contributed by atoms with Crippen LogP contribution >= 0.6 is 27.3 Å². The third-order valence-corrected chi connectivity index (χ3v) is 3.35. The molecule has 6 heteroatoms. The zero-order valence-corrected chi connectivity index (χ0v) is 9.51. The Morgan fingerprint density at radius 1 is 1.43 bits per heavy atom. The summed E-state index contributed by atoms with van der Waals surface area (Å²) in [4.78, 5) is 0.909. The van der Waals surface area contributed by atoms with E-state index < -0.39 is 12.6 Å². The monoisotopic (exact) mass is 288 g/mol. The van der Waals surface area contributed by atoms with E-state index in [1.807, 2.05) is 11.4 Å². The molecule has 14 heavy (non-hydrogen) atoms. The van der Waals surface area contributed by atoms with Crippen molar-refractivity contribution in [3.05, 3.63) is 20.8 Å². The van der Waals surface area contributed by atoms with Crippen molar-refractivity contribution >= 4 is 27.3 Å². The van der Waals surface area contributed by atoms with E-state index in [0.29, 0.717) is 0 Å². The first-order valence-electron chi connectivity index (χ1n) is 3.85. The van der Waals surface area contributed by atoms with Gasteiger partial charge in [0, 0.05) is 9.35 Å². The molecule has 1 heterocycles. The molecule has 0 amide bonds. The summed E-state index contributed by atoms with van der Waals surface area (Å²) in [6, 6.07) is 1.84. The first-order valence-corrected chi connectivity index (χ1v) is 5.52. The smallest absolute Gasteiger partial charge is 0.376 e. The second-order valence-corrected chi connectivity index (χ2v) is 4.46. The minimum absolute atomic E-state index is 0.230. The maximum absolute atomic E-state index is 11.7. The molecular weight excluding hydrogens is 281 g/mol. The average molecular weight is 289 g/mol. The highest BCUT2D eigenvalue weighted by Crippen LogP contribution is 2.24. The van der Waals surface area contributed by atoms with E-state index in [9.17, 15) is 13.2 Å². The van der Waals surface area contributed by atoms with Gasteiger partial charge in [-0.25, -0.2) is 0 Å². The van der Waals surface area contributed by atoms with E-state index in [4.69, 9.17) is 4.74 Å². The lowest BCUT2D eigenvalue weighted by molar-refractivity contribution is -0.145. The molecular formula is C8H8BrF3OS. The van der Waals surface area contributed by atoms with Crippen LogP contribution in [0.15, 0.2) is 15.9 Å². The molecule has 0 bridgehead atoms. The highest BCUT2D eigenvalue weighted by atomic mass is 79.9. The van der Waals surface area contributed by atoms with Crippen LogP contribution in [0.2, 0.25) is 0 Å². The lowest BCUT2D eigenvalue weighted by Gasteiger charge is -2.06. The van der Waals surface area contributed by atoms with Crippen molar-refractivity contribution in [2.24, 2.45) is 0 Å². The number of hydrogen-bond acceptors (Lipinski definition) is 2. The van der Waals surface area contributed by atoms with Gasteiger partial charge in [0.25, 0.3) is 0 Å². The molecule has 0 aliphatic heterocycles. The third kappa shape index (κ3) is 4.43. The molecule has 0 atom stereocenters. The van der Waals surface area contributed by atoms with Crippen molar-refractivity contribution < 1.29 is 17.9 Å². The fourth-order valence-corrected chi connectivity index (χ4v) is 2.18. The second kappa shape index (κ2) is 5.14. The van der Waals surface area contributed by atoms with Gasteiger partial charge in [-0.1, -0.05) is 0 Å². The van der Waals surface area contributed by atoms with Gasteiger partial charge in [-0.2, -0.15) is 13.2 Å². The molecule has 0 N–H and O–H groups in total. The Hall–Kier alpha value is -0.0700. The van der Waals surface area contributed by atoms with Gasteiger partial charge in [0.15, 0.2) is 0 Å². The van der Waals surface area contributed by atoms with Crippen LogP contribution in [0.3, 0.4) is 0 Å². The average Bonchev–Trinajstić information content (AvgIpc) is 2.44. The number of ether oxygens (including phenoxy) is 1. The van der Waals surface area contributed by atoms with Crippen molar-refractivity contribution in [3.8, 4) is 0 Å². The number of hydrogen-bond donors (Lipinski definition) is 0. The maximum atomic E-state index is 11.7. The third-order valence-electron chi connectivity index (χ3n) is 1.45. The molecule has 80 valence electrons. The molecule has 0 unspecified atom stereocenters. The van der Waals surface area contributed by atoms with Crippen molar-refractivity contribution in [1.29, 1.82) is 0 Å². The fourth-order valence-electron chi connectivity index (χ4n) is 0.781. The van der Waals surface area contributed by atoms with Crippen molar-refractivity contribution in [2.45, 2.75) is 19.2 Å². The first kappa shape index (κ1) is 12.0. The zero-order valence-electron chi connectivity index (χ0n) is 7.10. The predicted molar refractivity (Wildman–Crippen MR) is 52.3 cm³/mol. The van der Waals surface area contributed by atoms with Gasteiger partial charge in [0.2, 0.25) is 0 Å². The summed E-state index contributed by atoms with van der Waals surface area (Å²) in [5, 5.41) is 1.85. The lowest BCUT2D eigenvalue weighted by Crippen LogP contribution is -2.11. The van der Waals surface area contributed by atoms with E-state index in [1.165, 1.54) is 11.3 Å². The van der Waals surface area contributed by atoms with Crippen LogP contribution in [-0.2, 0) is 11.3 Å². The molecule has 0 aromatic carbocycles. The predicted octanol–water partition coefficient (Wildman–Crippen LogP) is 3.98. The maximum Gasteiger partial charge on any atom is 0.391 e. The van der Waals surface area contributed by atoms with Crippen molar-refractivity contribution in [1.82, 2.24) is 0 Å². The molecule has 0 saturated heterocycles. The number of alkyl halides is 3. The van der Waals surface area contributed by atoms with Crippen LogP contribution in [0.5, 0.6) is 0 Å². The van der Waals surface area contributed by atoms with Crippen LogP contribution in [-0.4, -0.2) is 12.8 Å². The zero-order chi connectivity index (χ0) is 10.6. The van der Waals surface area contributed by atoms with Gasteiger partial charge in [-0.05, 0) is 27.4 Å². The number of thiophene rings is 1. The molecule has 0 saturated carbocycles. The van der Waals surface area contributed by atoms with E-state index in [-0.39, 0.29) is 13.2 Å². The van der Waals surface area contributed by atoms with Gasteiger partial charge in [0.1, 0.15) is 0 Å². The molecule has 0 aliphatic rings. The molecule has 0 radical (unpaired) electrons. The molecule has 1 nitrogen and oxygen atoms in total. The summed E-state index contributed by atoms with van der Waals surface area (Å²) in [5.74, 6) is 0. The Morgan fingerprint density at radius 2 is 2.14 bits per heavy atom. The molecule has 0 fully saturated rings. The normalized spacial score (nSPS) is 12.0. The molecule has 0 aliphatic carbocycles. The summed E-state index contributed by atoms with van der Waals surface area (Å²) in [7, 11) is 0. The second-order valence-electron chi connectivity index (χ2n) is 2.61. The topological polar surface area (TPSA) is 9.23 Å². The van der Waals surface area contributed by atoms with Gasteiger partial charge in [-0.15, -0.1) is 11.3 Å². The standard InChI is InChI=1S/C8H8BrF3OS/c9-6-1-4-14-7(6)5-13-3-2-8(10,11)12/h1,4H,2-3,5H2. The fraction of sp³-hybridized carbons (Fsp3) is 0.500. The van der Waals surface area contributed by atoms with Crippen LogP contribution < -0.4 is 0 Å². The molecule has 1 aromatic heterocycles. The summed E-state index contributed by atoms with van der Waals surface area (Å²) in [6.07, 6.45) is -5.03. The van der Waals surface area contributed by atoms with Crippen molar-refractivity contribution in [3.63, 3.8) is 0 Å². The van der Waals surface area contributed by atoms with E-state index >= 15 is 0 Å². The quantitative estimate of drug-likeness (QED) is 0.762. The number of rotatable bonds is 4. The Kier molecular flexibility index (Phi) is 4.40. The van der Waals surface area contributed by atoms with Gasteiger partial charge in [0.05, 0.1) is 19.6 Å². The summed E-state index contributed by atoms with van der Waals surface area (Å²) < 4.78 is 40.9. The number of halogens is 4. The van der Waals surface area contributed by atoms with Crippen LogP contribution in [0, 0.1) is 0 Å². The van der Waals surface area contributed by atoms with Crippen molar-refractivity contribution in [2.75, 3.05) is 6.61 Å².